The van der Waals surface area contributed by atoms with Gasteiger partial charge in [0.05, 0.1) is 19.3 Å². The fourth-order valence-corrected chi connectivity index (χ4v) is 2.57. The molecule has 1 aliphatic rings. The molecule has 0 spiro atoms. The minimum absolute atomic E-state index is 0.0525. The number of hydrogen-bond donors (Lipinski definition) is 0. The molecule has 0 saturated carbocycles. The number of nitrogens with zero attached hydrogens (tertiary/aromatic N) is 1. The highest BCUT2D eigenvalue weighted by molar-refractivity contribution is 5.96. The summed E-state index contributed by atoms with van der Waals surface area (Å²) in [6, 6.07) is 5.91. The molecule has 0 bridgehead atoms. The zero-order valence-electron chi connectivity index (χ0n) is 14.3. The minimum Gasteiger partial charge on any atom is -0.371 e. The van der Waals surface area contributed by atoms with Gasteiger partial charge in [0, 0.05) is 11.8 Å². The number of allylic oxidation sites excluding steroid dienone is 2. The summed E-state index contributed by atoms with van der Waals surface area (Å²) in [5.41, 5.74) is 2.97. The van der Waals surface area contributed by atoms with Crippen molar-refractivity contribution in [1.29, 1.82) is 0 Å². The first-order valence-electron chi connectivity index (χ1n) is 8.46. The van der Waals surface area contributed by atoms with Crippen LogP contribution < -0.4 is 0 Å². The number of carbonyl (C=O) groups excluding carboxylic acids is 1. The lowest BCUT2D eigenvalue weighted by atomic mass is 9.99. The van der Waals surface area contributed by atoms with Gasteiger partial charge < -0.3 is 9.64 Å². The zero-order chi connectivity index (χ0) is 16.7. The van der Waals surface area contributed by atoms with Crippen molar-refractivity contribution in [1.82, 2.24) is 4.90 Å². The van der Waals surface area contributed by atoms with Crippen LogP contribution in [0.4, 0.5) is 0 Å². The van der Waals surface area contributed by atoms with Gasteiger partial charge in [0.15, 0.2) is 0 Å². The molecule has 0 aromatic heterocycles. The molecule has 1 amide bonds. The smallest absolute Gasteiger partial charge is 0.258 e. The van der Waals surface area contributed by atoms with Gasteiger partial charge in [-0.15, -0.1) is 6.58 Å². The van der Waals surface area contributed by atoms with E-state index in [-0.39, 0.29) is 12.0 Å². The van der Waals surface area contributed by atoms with Crippen molar-refractivity contribution in [3.8, 4) is 0 Å². The van der Waals surface area contributed by atoms with Crippen LogP contribution in [-0.2, 0) is 11.2 Å². The average molecular weight is 313 g/mol. The van der Waals surface area contributed by atoms with E-state index >= 15 is 0 Å². The largest absolute Gasteiger partial charge is 0.371 e. The van der Waals surface area contributed by atoms with Crippen LogP contribution in [-0.4, -0.2) is 30.1 Å². The maximum Gasteiger partial charge on any atom is 0.258 e. The Kier molecular flexibility index (Phi) is 6.60. The summed E-state index contributed by atoms with van der Waals surface area (Å²) >= 11 is 0. The summed E-state index contributed by atoms with van der Waals surface area (Å²) in [6.45, 7) is 9.36. The number of hydrogen-bond acceptors (Lipinski definition) is 2. The summed E-state index contributed by atoms with van der Waals surface area (Å²) in [7, 11) is 0. The van der Waals surface area contributed by atoms with E-state index in [0.29, 0.717) is 6.54 Å². The minimum atomic E-state index is 0.0525. The first-order chi connectivity index (χ1) is 11.2. The van der Waals surface area contributed by atoms with Crippen LogP contribution in [0.2, 0.25) is 0 Å². The zero-order valence-corrected chi connectivity index (χ0v) is 14.3. The molecule has 23 heavy (non-hydrogen) atoms. The Morgan fingerprint density at radius 2 is 2.26 bits per heavy atom. The van der Waals surface area contributed by atoms with E-state index in [1.54, 1.807) is 4.90 Å². The molecule has 1 saturated heterocycles. The predicted molar refractivity (Wildman–Crippen MR) is 94.5 cm³/mol. The van der Waals surface area contributed by atoms with Gasteiger partial charge in [-0.25, -0.2) is 0 Å². The monoisotopic (exact) mass is 313 g/mol. The van der Waals surface area contributed by atoms with Crippen molar-refractivity contribution in [2.24, 2.45) is 0 Å². The Hall–Kier alpha value is -1.87. The van der Waals surface area contributed by atoms with Crippen molar-refractivity contribution in [3.05, 3.63) is 59.8 Å². The highest BCUT2D eigenvalue weighted by Gasteiger charge is 2.28. The van der Waals surface area contributed by atoms with Crippen molar-refractivity contribution in [3.63, 3.8) is 0 Å². The lowest BCUT2D eigenvalue weighted by Gasteiger charge is -2.19. The third kappa shape index (κ3) is 5.07. The second-order valence-electron chi connectivity index (χ2n) is 6.02. The number of carbonyl (C=O) groups is 1. The Labute approximate surface area is 139 Å². The van der Waals surface area contributed by atoms with Crippen LogP contribution in [0.5, 0.6) is 0 Å². The van der Waals surface area contributed by atoms with E-state index in [1.807, 2.05) is 31.3 Å². The van der Waals surface area contributed by atoms with Gasteiger partial charge in [-0.3, -0.25) is 4.79 Å². The molecule has 1 aromatic carbocycles. The summed E-state index contributed by atoms with van der Waals surface area (Å²) in [5.74, 6) is 0.0525. The molecule has 3 nitrogen and oxygen atoms in total. The Balaban J connectivity index is 2.16. The van der Waals surface area contributed by atoms with E-state index in [0.717, 1.165) is 49.0 Å². The molecule has 1 heterocycles. The van der Waals surface area contributed by atoms with Crippen LogP contribution in [0.25, 0.3) is 0 Å². The lowest BCUT2D eigenvalue weighted by molar-refractivity contribution is 0.0811. The van der Waals surface area contributed by atoms with E-state index in [1.165, 1.54) is 0 Å². The molecule has 1 unspecified atom stereocenters. The molecular weight excluding hydrogens is 286 g/mol. The van der Waals surface area contributed by atoms with Crippen LogP contribution in [0.15, 0.2) is 43.1 Å². The summed E-state index contributed by atoms with van der Waals surface area (Å²) in [5, 5.41) is 0. The molecule has 1 aliphatic heterocycles. The number of unbranched alkanes of at least 4 members (excludes halogenated alkanes) is 2. The highest BCUT2D eigenvalue weighted by atomic mass is 16.6. The first kappa shape index (κ1) is 17.5. The van der Waals surface area contributed by atoms with E-state index < -0.39 is 0 Å². The predicted octanol–water partition coefficient (Wildman–Crippen LogP) is 4.27. The maximum absolute atomic E-state index is 12.9. The standard InChI is InChI=1S/C20H27NO2/c1-4-6-7-8-13-21(14-18-15-23-18)20(22)19-12-9-11-17(10-5-2)16(19)3/h5,8-9,11-13,18H,2,4,6-7,10,14-15H2,1,3H3. The van der Waals surface area contributed by atoms with E-state index in [4.69, 9.17) is 4.74 Å². The van der Waals surface area contributed by atoms with Crippen LogP contribution in [0, 0.1) is 6.92 Å². The molecular formula is C20H27NO2. The van der Waals surface area contributed by atoms with Crippen molar-refractivity contribution in [2.45, 2.75) is 45.6 Å². The number of rotatable bonds is 9. The SMILES string of the molecule is C=CCc1cccc(C(=O)N(C=CCCCC)CC2CO2)c1C. The molecule has 124 valence electrons. The number of ether oxygens (including phenoxy) is 1. The van der Waals surface area contributed by atoms with Crippen molar-refractivity contribution < 1.29 is 9.53 Å². The van der Waals surface area contributed by atoms with E-state index in [2.05, 4.69) is 25.6 Å². The normalized spacial score (nSPS) is 16.5. The molecule has 1 aromatic rings. The second kappa shape index (κ2) is 8.68. The third-order valence-corrected chi connectivity index (χ3v) is 4.11. The Morgan fingerprint density at radius 1 is 1.48 bits per heavy atom. The first-order valence-corrected chi connectivity index (χ1v) is 8.46. The topological polar surface area (TPSA) is 32.8 Å². The van der Waals surface area contributed by atoms with Crippen LogP contribution in [0.3, 0.4) is 0 Å². The molecule has 1 atom stereocenters. The van der Waals surface area contributed by atoms with Gasteiger partial charge in [-0.2, -0.15) is 0 Å². The molecule has 0 radical (unpaired) electrons. The van der Waals surface area contributed by atoms with Gasteiger partial charge in [0.2, 0.25) is 0 Å². The molecule has 2 rings (SSSR count). The van der Waals surface area contributed by atoms with Gasteiger partial charge in [0.1, 0.15) is 0 Å². The van der Waals surface area contributed by atoms with Gasteiger partial charge >= 0.3 is 0 Å². The summed E-state index contributed by atoms with van der Waals surface area (Å²) in [6.07, 6.45) is 10.2. The fraction of sp³-hybridized carbons (Fsp3) is 0.450. The lowest BCUT2D eigenvalue weighted by Crippen LogP contribution is -2.30. The van der Waals surface area contributed by atoms with Crippen molar-refractivity contribution in [2.75, 3.05) is 13.2 Å². The third-order valence-electron chi connectivity index (χ3n) is 4.11. The molecule has 0 aliphatic carbocycles. The van der Waals surface area contributed by atoms with Crippen LogP contribution in [0.1, 0.15) is 47.7 Å². The van der Waals surface area contributed by atoms with Crippen molar-refractivity contribution >= 4 is 5.91 Å². The summed E-state index contributed by atoms with van der Waals surface area (Å²) < 4.78 is 5.30. The number of epoxide rings is 1. The quantitative estimate of drug-likeness (QED) is 0.387. The molecule has 3 heteroatoms. The fourth-order valence-electron chi connectivity index (χ4n) is 2.57. The molecule has 0 N–H and O–H groups in total. The van der Waals surface area contributed by atoms with E-state index in [9.17, 15) is 4.79 Å². The maximum atomic E-state index is 12.9. The van der Waals surface area contributed by atoms with Gasteiger partial charge in [0.25, 0.3) is 5.91 Å². The number of amides is 1. The highest BCUT2D eigenvalue weighted by Crippen LogP contribution is 2.19. The Morgan fingerprint density at radius 3 is 2.91 bits per heavy atom. The van der Waals surface area contributed by atoms with Crippen LogP contribution >= 0.6 is 0 Å². The average Bonchev–Trinajstić information content (AvgIpc) is 3.36. The molecule has 1 fully saturated rings. The number of benzene rings is 1. The Bertz CT molecular complexity index is 573. The summed E-state index contributed by atoms with van der Waals surface area (Å²) in [4.78, 5) is 14.7. The van der Waals surface area contributed by atoms with Gasteiger partial charge in [-0.05, 0) is 37.0 Å². The van der Waals surface area contributed by atoms with Gasteiger partial charge in [-0.1, -0.05) is 44.1 Å². The second-order valence-corrected chi connectivity index (χ2v) is 6.02.